The SMILES string of the molecule is Cn1cnc(S(=O)(=O)NCCCOC2CCNCC2)c1. The van der Waals surface area contributed by atoms with Crippen LogP contribution in [0.25, 0.3) is 0 Å². The third kappa shape index (κ3) is 4.55. The Morgan fingerprint density at radius 3 is 2.90 bits per heavy atom. The summed E-state index contributed by atoms with van der Waals surface area (Å²) in [5.74, 6) is 0. The zero-order valence-electron chi connectivity index (χ0n) is 11.7. The molecule has 0 amide bonds. The van der Waals surface area contributed by atoms with Gasteiger partial charge in [-0.2, -0.15) is 0 Å². The van der Waals surface area contributed by atoms with Crippen molar-refractivity contribution >= 4 is 10.0 Å². The first-order valence-corrected chi connectivity index (χ1v) is 8.36. The minimum atomic E-state index is -3.49. The van der Waals surface area contributed by atoms with Crippen molar-refractivity contribution in [3.05, 3.63) is 12.5 Å². The molecule has 1 fully saturated rings. The largest absolute Gasteiger partial charge is 0.378 e. The quantitative estimate of drug-likeness (QED) is 0.685. The molecule has 1 aromatic rings. The molecule has 0 bridgehead atoms. The molecule has 7 nitrogen and oxygen atoms in total. The summed E-state index contributed by atoms with van der Waals surface area (Å²) in [4.78, 5) is 3.83. The summed E-state index contributed by atoms with van der Waals surface area (Å²) in [6, 6.07) is 0. The average Bonchev–Trinajstić information content (AvgIpc) is 2.87. The minimum Gasteiger partial charge on any atom is -0.378 e. The molecule has 2 N–H and O–H groups in total. The Balaban J connectivity index is 1.65. The number of aromatic nitrogens is 2. The van der Waals surface area contributed by atoms with Gasteiger partial charge in [-0.1, -0.05) is 0 Å². The zero-order valence-corrected chi connectivity index (χ0v) is 12.5. The summed E-state index contributed by atoms with van der Waals surface area (Å²) in [6.07, 6.45) is 5.97. The number of nitrogens with zero attached hydrogens (tertiary/aromatic N) is 2. The third-order valence-electron chi connectivity index (χ3n) is 3.21. The van der Waals surface area contributed by atoms with E-state index in [1.165, 1.54) is 12.5 Å². The van der Waals surface area contributed by atoms with E-state index in [9.17, 15) is 8.42 Å². The van der Waals surface area contributed by atoms with Gasteiger partial charge in [0.15, 0.2) is 5.03 Å². The van der Waals surface area contributed by atoms with Crippen molar-refractivity contribution in [1.82, 2.24) is 19.6 Å². The van der Waals surface area contributed by atoms with Crippen LogP contribution in [-0.4, -0.2) is 50.3 Å². The molecule has 1 saturated heterocycles. The zero-order chi connectivity index (χ0) is 14.4. The van der Waals surface area contributed by atoms with Crippen molar-refractivity contribution < 1.29 is 13.2 Å². The first kappa shape index (κ1) is 15.4. The Labute approximate surface area is 119 Å². The topological polar surface area (TPSA) is 85.2 Å². The highest BCUT2D eigenvalue weighted by Crippen LogP contribution is 2.07. The number of ether oxygens (including phenoxy) is 1. The highest BCUT2D eigenvalue weighted by molar-refractivity contribution is 7.89. The van der Waals surface area contributed by atoms with Crippen LogP contribution >= 0.6 is 0 Å². The maximum absolute atomic E-state index is 11.9. The second kappa shape index (κ2) is 7.16. The average molecular weight is 302 g/mol. The van der Waals surface area contributed by atoms with Gasteiger partial charge in [0, 0.05) is 26.4 Å². The molecule has 1 aliphatic heterocycles. The van der Waals surface area contributed by atoms with Crippen LogP contribution in [0.2, 0.25) is 0 Å². The molecule has 2 heterocycles. The number of imidazole rings is 1. The Bertz CT molecular complexity index is 509. The van der Waals surface area contributed by atoms with Crippen LogP contribution in [0.5, 0.6) is 0 Å². The predicted molar refractivity (Wildman–Crippen MR) is 74.9 cm³/mol. The lowest BCUT2D eigenvalue weighted by molar-refractivity contribution is 0.0322. The van der Waals surface area contributed by atoms with Crippen LogP contribution in [-0.2, 0) is 21.8 Å². The molecule has 0 aliphatic carbocycles. The second-order valence-corrected chi connectivity index (χ2v) is 6.66. The predicted octanol–water partition coefficient (Wildman–Crippen LogP) is -0.143. The van der Waals surface area contributed by atoms with E-state index in [0.717, 1.165) is 25.9 Å². The summed E-state index contributed by atoms with van der Waals surface area (Å²) in [5.41, 5.74) is 0. The molecular formula is C12H22N4O3S. The van der Waals surface area contributed by atoms with Crippen molar-refractivity contribution in [2.45, 2.75) is 30.4 Å². The summed E-state index contributed by atoms with van der Waals surface area (Å²) < 4.78 is 33.6. The number of sulfonamides is 1. The van der Waals surface area contributed by atoms with Gasteiger partial charge in [0.2, 0.25) is 0 Å². The van der Waals surface area contributed by atoms with Crippen LogP contribution < -0.4 is 10.0 Å². The lowest BCUT2D eigenvalue weighted by Crippen LogP contribution is -2.33. The lowest BCUT2D eigenvalue weighted by Gasteiger charge is -2.22. The summed E-state index contributed by atoms with van der Waals surface area (Å²) >= 11 is 0. The van der Waals surface area contributed by atoms with Crippen molar-refractivity contribution in [1.29, 1.82) is 0 Å². The molecule has 1 aliphatic rings. The molecule has 0 saturated carbocycles. The number of hydrogen-bond donors (Lipinski definition) is 2. The lowest BCUT2D eigenvalue weighted by atomic mass is 10.1. The molecular weight excluding hydrogens is 280 g/mol. The van der Waals surface area contributed by atoms with Gasteiger partial charge < -0.3 is 14.6 Å². The normalized spacial score (nSPS) is 17.4. The number of hydrogen-bond acceptors (Lipinski definition) is 5. The maximum Gasteiger partial charge on any atom is 0.259 e. The second-order valence-electron chi connectivity index (χ2n) is 4.95. The van der Waals surface area contributed by atoms with Crippen LogP contribution in [0.15, 0.2) is 17.6 Å². The molecule has 0 radical (unpaired) electrons. The molecule has 20 heavy (non-hydrogen) atoms. The van der Waals surface area contributed by atoms with Gasteiger partial charge in [-0.25, -0.2) is 18.1 Å². The third-order valence-corrected chi connectivity index (χ3v) is 4.56. The molecule has 0 atom stereocenters. The molecule has 0 unspecified atom stereocenters. The molecule has 0 spiro atoms. The van der Waals surface area contributed by atoms with E-state index in [-0.39, 0.29) is 5.03 Å². The van der Waals surface area contributed by atoms with E-state index in [1.54, 1.807) is 11.6 Å². The molecule has 0 aromatic carbocycles. The van der Waals surface area contributed by atoms with E-state index in [4.69, 9.17) is 4.74 Å². The highest BCUT2D eigenvalue weighted by Gasteiger charge is 2.16. The fourth-order valence-corrected chi connectivity index (χ4v) is 3.14. The fraction of sp³-hybridized carbons (Fsp3) is 0.750. The van der Waals surface area contributed by atoms with Gasteiger partial charge in [0.25, 0.3) is 10.0 Å². The molecule has 8 heteroatoms. The summed E-state index contributed by atoms with van der Waals surface area (Å²) in [6.45, 7) is 2.94. The van der Waals surface area contributed by atoms with Gasteiger partial charge in [-0.05, 0) is 32.4 Å². The molecule has 1 aromatic heterocycles. The Kier molecular flexibility index (Phi) is 5.53. The standard InChI is InChI=1S/C12H22N4O3S/c1-16-9-12(14-10-16)20(17,18)15-5-2-8-19-11-3-6-13-7-4-11/h9-11,13,15H,2-8H2,1H3. The van der Waals surface area contributed by atoms with Gasteiger partial charge >= 0.3 is 0 Å². The minimum absolute atomic E-state index is 0.0549. The van der Waals surface area contributed by atoms with Gasteiger partial charge in [-0.3, -0.25) is 0 Å². The number of rotatable bonds is 7. The maximum atomic E-state index is 11.9. The Morgan fingerprint density at radius 2 is 2.25 bits per heavy atom. The van der Waals surface area contributed by atoms with Crippen LogP contribution in [0.1, 0.15) is 19.3 Å². The van der Waals surface area contributed by atoms with Crippen molar-refractivity contribution in [2.75, 3.05) is 26.2 Å². The molecule has 2 rings (SSSR count). The van der Waals surface area contributed by atoms with Crippen molar-refractivity contribution in [2.24, 2.45) is 7.05 Å². The summed E-state index contributed by atoms with van der Waals surface area (Å²) in [5, 5.41) is 3.33. The summed E-state index contributed by atoms with van der Waals surface area (Å²) in [7, 11) is -1.76. The van der Waals surface area contributed by atoms with E-state index >= 15 is 0 Å². The Hall–Kier alpha value is -0.960. The number of piperidine rings is 1. The monoisotopic (exact) mass is 302 g/mol. The smallest absolute Gasteiger partial charge is 0.259 e. The van der Waals surface area contributed by atoms with E-state index in [0.29, 0.717) is 25.7 Å². The fourth-order valence-electron chi connectivity index (χ4n) is 2.09. The Morgan fingerprint density at radius 1 is 1.50 bits per heavy atom. The van der Waals surface area contributed by atoms with Crippen molar-refractivity contribution in [3.8, 4) is 0 Å². The van der Waals surface area contributed by atoms with Gasteiger partial charge in [0.1, 0.15) is 0 Å². The number of nitrogens with one attached hydrogen (secondary N) is 2. The van der Waals surface area contributed by atoms with Gasteiger partial charge in [0.05, 0.1) is 12.4 Å². The van der Waals surface area contributed by atoms with E-state index < -0.39 is 10.0 Å². The number of aryl methyl sites for hydroxylation is 1. The van der Waals surface area contributed by atoms with Crippen LogP contribution in [0.3, 0.4) is 0 Å². The highest BCUT2D eigenvalue weighted by atomic mass is 32.2. The van der Waals surface area contributed by atoms with E-state index in [1.807, 2.05) is 0 Å². The van der Waals surface area contributed by atoms with Gasteiger partial charge in [-0.15, -0.1) is 0 Å². The van der Waals surface area contributed by atoms with Crippen molar-refractivity contribution in [3.63, 3.8) is 0 Å². The molecule has 114 valence electrons. The first-order valence-electron chi connectivity index (χ1n) is 6.88. The van der Waals surface area contributed by atoms with Crippen LogP contribution in [0, 0.1) is 0 Å². The van der Waals surface area contributed by atoms with Crippen LogP contribution in [0.4, 0.5) is 0 Å². The van der Waals surface area contributed by atoms with E-state index in [2.05, 4.69) is 15.0 Å². The first-order chi connectivity index (χ1) is 9.58.